The molecular weight excluding hydrogens is 908 g/mol. The van der Waals surface area contributed by atoms with E-state index in [-0.39, 0.29) is 0 Å². The van der Waals surface area contributed by atoms with Crippen molar-refractivity contribution in [1.29, 1.82) is 0 Å². The molecule has 5 aromatic rings. The second-order valence-corrected chi connectivity index (χ2v) is 14.6. The first-order valence-electron chi connectivity index (χ1n) is 18.6. The number of benzene rings is 5. The predicted molar refractivity (Wildman–Crippen MR) is 208 cm³/mol. The molecule has 26 nitrogen and oxygen atoms in total. The molecule has 3 heterocycles. The molecule has 0 aromatic heterocycles. The zero-order chi connectivity index (χ0) is 48.8. The number of phenols is 14. The molecule has 0 saturated carbocycles. The van der Waals surface area contributed by atoms with Crippen LogP contribution in [0.2, 0.25) is 0 Å². The number of aromatic carboxylic acids is 1. The normalized spacial score (nSPS) is 18.9. The Morgan fingerprint density at radius 3 is 1.30 bits per heavy atom. The summed E-state index contributed by atoms with van der Waals surface area (Å²) in [5.41, 5.74) is -9.18. The molecule has 0 bridgehead atoms. The van der Waals surface area contributed by atoms with Crippen LogP contribution in [0.5, 0.6) is 92.0 Å². The van der Waals surface area contributed by atoms with Crippen molar-refractivity contribution in [3.63, 3.8) is 0 Å². The van der Waals surface area contributed by atoms with Crippen LogP contribution in [-0.4, -0.2) is 144 Å². The molecule has 0 amide bonds. The summed E-state index contributed by atoms with van der Waals surface area (Å²) < 4.78 is 33.3. The molecule has 5 aromatic carbocycles. The quantitative estimate of drug-likeness (QED) is 0.0700. The molecule has 3 aliphatic heterocycles. The lowest BCUT2D eigenvalue weighted by molar-refractivity contribution is -0.197. The summed E-state index contributed by atoms with van der Waals surface area (Å²) in [5, 5.41) is 159. The molecule has 67 heavy (non-hydrogen) atoms. The summed E-state index contributed by atoms with van der Waals surface area (Å²) >= 11 is 0. The molecule has 1 saturated heterocycles. The molecule has 15 N–H and O–H groups in total. The smallest absolute Gasteiger partial charge is 0.339 e. The van der Waals surface area contributed by atoms with Crippen LogP contribution in [0.15, 0.2) is 30.3 Å². The lowest BCUT2D eigenvalue weighted by Crippen LogP contribution is -2.59. The monoisotopic (exact) mass is 936 g/mol. The van der Waals surface area contributed by atoms with Gasteiger partial charge in [-0.3, -0.25) is 0 Å². The first kappa shape index (κ1) is 44.0. The Morgan fingerprint density at radius 2 is 0.836 bits per heavy atom. The number of carbonyl (C=O) groups is 5. The average Bonchev–Trinajstić information content (AvgIpc) is 3.29. The lowest BCUT2D eigenvalue weighted by Gasteiger charge is -2.41. The third-order valence-corrected chi connectivity index (χ3v) is 10.7. The second-order valence-electron chi connectivity index (χ2n) is 14.6. The third-order valence-electron chi connectivity index (χ3n) is 10.7. The van der Waals surface area contributed by atoms with Gasteiger partial charge in [0.15, 0.2) is 75.8 Å². The number of rotatable bonds is 3. The van der Waals surface area contributed by atoms with E-state index in [1.165, 1.54) is 0 Å². The molecule has 0 aliphatic carbocycles. The van der Waals surface area contributed by atoms with Crippen LogP contribution in [0.3, 0.4) is 0 Å². The van der Waals surface area contributed by atoms with Gasteiger partial charge < -0.3 is 105 Å². The summed E-state index contributed by atoms with van der Waals surface area (Å²) in [7, 11) is 0. The predicted octanol–water partition coefficient (Wildman–Crippen LogP) is 2.25. The van der Waals surface area contributed by atoms with Crippen LogP contribution in [0.25, 0.3) is 22.3 Å². The molecule has 4 unspecified atom stereocenters. The summed E-state index contributed by atoms with van der Waals surface area (Å²) in [6, 6.07) is 2.34. The molecule has 26 heteroatoms. The Bertz CT molecular complexity index is 3060. The Balaban J connectivity index is 1.29. The number of phenolic OH excluding ortho intramolecular Hbond substituents is 14. The SMILES string of the molecule is O=C(O)c1cc(O)c(O)c(O)c1Oc1cc2c(c(O)c1O)-c1c(cc(O)c(O)c1O)C(=O)OC1C(COC2=O)OCC2OC(=O)c3cc(O)c(O)c(O)c3-c3c(cc(O)c(O)c3O)C(=O)OC21. The van der Waals surface area contributed by atoms with E-state index in [1.807, 2.05) is 0 Å². The minimum absolute atomic E-state index is 0.415. The summed E-state index contributed by atoms with van der Waals surface area (Å²) in [4.78, 5) is 68.5. The van der Waals surface area contributed by atoms with E-state index in [0.717, 1.165) is 0 Å². The van der Waals surface area contributed by atoms with Crippen molar-refractivity contribution in [2.45, 2.75) is 24.4 Å². The summed E-state index contributed by atoms with van der Waals surface area (Å²) in [5.74, 6) is -29.5. The largest absolute Gasteiger partial charge is 0.504 e. The number of aromatic hydroxyl groups is 14. The fraction of sp³-hybridized carbons (Fsp3) is 0.146. The Hall–Kier alpha value is -9.59. The van der Waals surface area contributed by atoms with Crippen molar-refractivity contribution in [2.75, 3.05) is 13.2 Å². The van der Waals surface area contributed by atoms with E-state index >= 15 is 0 Å². The number of carbonyl (C=O) groups excluding carboxylic acids is 4. The first-order chi connectivity index (χ1) is 31.5. The average molecular weight is 937 g/mol. The Kier molecular flexibility index (Phi) is 10.2. The molecule has 348 valence electrons. The van der Waals surface area contributed by atoms with Crippen LogP contribution in [0.1, 0.15) is 51.8 Å². The van der Waals surface area contributed by atoms with Crippen molar-refractivity contribution < 1.29 is 129 Å². The van der Waals surface area contributed by atoms with Gasteiger partial charge in [0, 0.05) is 34.4 Å². The highest BCUT2D eigenvalue weighted by Crippen LogP contribution is 2.56. The first-order valence-corrected chi connectivity index (χ1v) is 18.6. The van der Waals surface area contributed by atoms with Gasteiger partial charge in [-0.05, 0) is 18.2 Å². The number of hydrogen-bond donors (Lipinski definition) is 15. The van der Waals surface area contributed by atoms with Crippen LogP contribution < -0.4 is 4.74 Å². The van der Waals surface area contributed by atoms with Crippen molar-refractivity contribution in [2.24, 2.45) is 0 Å². The van der Waals surface area contributed by atoms with E-state index in [0.29, 0.717) is 30.3 Å². The molecule has 3 aliphatic rings. The van der Waals surface area contributed by atoms with E-state index in [2.05, 4.69) is 0 Å². The molecule has 0 radical (unpaired) electrons. The number of esters is 4. The number of cyclic esters (lactones) is 1. The van der Waals surface area contributed by atoms with Gasteiger partial charge in [0.1, 0.15) is 18.3 Å². The fourth-order valence-electron chi connectivity index (χ4n) is 7.47. The van der Waals surface area contributed by atoms with Gasteiger partial charge in [0.25, 0.3) is 0 Å². The highest BCUT2D eigenvalue weighted by Gasteiger charge is 2.50. The minimum atomic E-state index is -2.16. The molecule has 1 fully saturated rings. The summed E-state index contributed by atoms with van der Waals surface area (Å²) in [6.07, 6.45) is -8.02. The number of carboxylic acid groups (broad SMARTS) is 1. The Labute approximate surface area is 368 Å². The second kappa shape index (κ2) is 15.6. The van der Waals surface area contributed by atoms with Gasteiger partial charge in [-0.1, -0.05) is 0 Å². The zero-order valence-electron chi connectivity index (χ0n) is 32.8. The van der Waals surface area contributed by atoms with Crippen molar-refractivity contribution in [3.8, 4) is 114 Å². The maximum absolute atomic E-state index is 14.4. The fourth-order valence-corrected chi connectivity index (χ4v) is 7.47. The topological polar surface area (TPSA) is 444 Å². The van der Waals surface area contributed by atoms with E-state index in [4.69, 9.17) is 28.4 Å². The highest BCUT2D eigenvalue weighted by molar-refractivity contribution is 6.10. The van der Waals surface area contributed by atoms with Crippen LogP contribution in [-0.2, 0) is 23.7 Å². The minimum Gasteiger partial charge on any atom is -0.504 e. The summed E-state index contributed by atoms with van der Waals surface area (Å²) in [6.45, 7) is -1.93. The zero-order valence-corrected chi connectivity index (χ0v) is 32.8. The van der Waals surface area contributed by atoms with Crippen molar-refractivity contribution in [1.82, 2.24) is 0 Å². The van der Waals surface area contributed by atoms with Gasteiger partial charge in [-0.2, -0.15) is 0 Å². The van der Waals surface area contributed by atoms with Crippen LogP contribution in [0, 0.1) is 0 Å². The Morgan fingerprint density at radius 1 is 0.448 bits per heavy atom. The van der Waals surface area contributed by atoms with Crippen LogP contribution in [0.4, 0.5) is 0 Å². The van der Waals surface area contributed by atoms with Gasteiger partial charge in [0.2, 0.25) is 34.5 Å². The number of fused-ring (bicyclic) bond motifs is 9. The van der Waals surface area contributed by atoms with Crippen molar-refractivity contribution in [3.05, 3.63) is 58.1 Å². The number of ether oxygens (including phenoxy) is 6. The van der Waals surface area contributed by atoms with E-state index in [1.54, 1.807) is 0 Å². The van der Waals surface area contributed by atoms with Gasteiger partial charge in [-0.15, -0.1) is 0 Å². The molecule has 8 rings (SSSR count). The van der Waals surface area contributed by atoms with Gasteiger partial charge >= 0.3 is 29.8 Å². The molecule has 4 atom stereocenters. The number of carboxylic acids is 1. The molecule has 0 spiro atoms. The third kappa shape index (κ3) is 6.83. The van der Waals surface area contributed by atoms with Crippen LogP contribution >= 0.6 is 0 Å². The molecular formula is C41H28O26. The van der Waals surface area contributed by atoms with Crippen molar-refractivity contribution >= 4 is 29.8 Å². The number of hydrogen-bond acceptors (Lipinski definition) is 25. The lowest BCUT2D eigenvalue weighted by atomic mass is 9.91. The maximum Gasteiger partial charge on any atom is 0.339 e. The van der Waals surface area contributed by atoms with E-state index in [9.17, 15) is 101 Å². The van der Waals surface area contributed by atoms with Gasteiger partial charge in [-0.25, -0.2) is 24.0 Å². The van der Waals surface area contributed by atoms with E-state index < -0.39 is 210 Å². The standard InChI is InChI=1S/C41H28O26/c42-13-1-8-20(29(51)24(13)46)21-9(2-14(43)25(47)30(21)52)41(61)67-36-19(65-39(8)59)7-62-18-6-63-38(58)11-5-17(64-34-12(37(56)57)4-16(45)27(49)33(34)55)28(50)32(54)23(11)22-10(40(60)66-35(18)36)3-15(44)26(48)31(22)53/h1-5,18-19,35-36,42-55H,6-7H2,(H,56,57). The van der Waals surface area contributed by atoms with Gasteiger partial charge in [0.05, 0.1) is 28.9 Å². The highest BCUT2D eigenvalue weighted by atomic mass is 16.7. The maximum atomic E-state index is 14.4.